The Labute approximate surface area is 209 Å². The van der Waals surface area contributed by atoms with E-state index in [1.165, 1.54) is 11.8 Å². The van der Waals surface area contributed by atoms with Gasteiger partial charge in [0.15, 0.2) is 12.3 Å². The van der Waals surface area contributed by atoms with Crippen molar-refractivity contribution in [2.45, 2.75) is 32.9 Å². The van der Waals surface area contributed by atoms with Gasteiger partial charge in [0.2, 0.25) is 11.8 Å². The Morgan fingerprint density at radius 1 is 1.08 bits per heavy atom. The molecule has 1 aliphatic rings. The predicted octanol–water partition coefficient (Wildman–Crippen LogP) is 5.31. The van der Waals surface area contributed by atoms with Crippen molar-refractivity contribution in [2.24, 2.45) is 0 Å². The number of oxazole rings is 1. The van der Waals surface area contributed by atoms with Crippen molar-refractivity contribution in [2.75, 3.05) is 11.9 Å². The first-order chi connectivity index (χ1) is 17.5. The van der Waals surface area contributed by atoms with Gasteiger partial charge in [-0.3, -0.25) is 9.59 Å². The lowest BCUT2D eigenvalue weighted by Gasteiger charge is -2.37. The fourth-order valence-corrected chi connectivity index (χ4v) is 4.48. The molecule has 1 N–H and O–H groups in total. The summed E-state index contributed by atoms with van der Waals surface area (Å²) in [5.41, 5.74) is 5.28. The number of amides is 2. The molecule has 0 fully saturated rings. The van der Waals surface area contributed by atoms with Gasteiger partial charge in [-0.25, -0.2) is 4.98 Å². The van der Waals surface area contributed by atoms with Crippen LogP contribution in [0.1, 0.15) is 51.6 Å². The Hall–Kier alpha value is -4.39. The van der Waals surface area contributed by atoms with E-state index < -0.39 is 0 Å². The molecule has 182 valence electrons. The van der Waals surface area contributed by atoms with E-state index >= 15 is 0 Å². The van der Waals surface area contributed by atoms with Crippen LogP contribution in [0.4, 0.5) is 5.69 Å². The van der Waals surface area contributed by atoms with Gasteiger partial charge in [0.1, 0.15) is 12.0 Å². The smallest absolute Gasteiger partial charge is 0.277 e. The maximum absolute atomic E-state index is 12.5. The fraction of sp³-hybridized carbons (Fsp3) is 0.207. The van der Waals surface area contributed by atoms with Gasteiger partial charge < -0.3 is 19.4 Å². The molecule has 1 aromatic heterocycles. The molecule has 0 bridgehead atoms. The number of hydrogen-bond acceptors (Lipinski definition) is 5. The topological polar surface area (TPSA) is 84.7 Å². The molecule has 0 saturated carbocycles. The zero-order chi connectivity index (χ0) is 25.1. The van der Waals surface area contributed by atoms with Gasteiger partial charge in [-0.15, -0.1) is 0 Å². The second-order valence-electron chi connectivity index (χ2n) is 8.87. The first-order valence-corrected chi connectivity index (χ1v) is 11.9. The normalized spacial score (nSPS) is 14.7. The van der Waals surface area contributed by atoms with Gasteiger partial charge in [-0.05, 0) is 54.3 Å². The Morgan fingerprint density at radius 3 is 2.61 bits per heavy atom. The zero-order valence-electron chi connectivity index (χ0n) is 20.2. The zero-order valence-corrected chi connectivity index (χ0v) is 20.2. The minimum atomic E-state index is -0.349. The number of nitrogens with one attached hydrogen (secondary N) is 1. The van der Waals surface area contributed by atoms with E-state index in [0.29, 0.717) is 23.9 Å². The molecule has 1 atom stereocenters. The second-order valence-corrected chi connectivity index (χ2v) is 8.87. The molecule has 2 amide bonds. The average Bonchev–Trinajstić information content (AvgIpc) is 3.38. The molecule has 1 unspecified atom stereocenters. The molecule has 5 rings (SSSR count). The minimum Gasteiger partial charge on any atom is -0.484 e. The number of benzene rings is 3. The van der Waals surface area contributed by atoms with Crippen LogP contribution in [-0.2, 0) is 17.8 Å². The van der Waals surface area contributed by atoms with E-state index in [9.17, 15) is 9.59 Å². The largest absolute Gasteiger partial charge is 0.484 e. The summed E-state index contributed by atoms with van der Waals surface area (Å²) in [6.07, 6.45) is 2.11. The van der Waals surface area contributed by atoms with Gasteiger partial charge in [-0.1, -0.05) is 54.1 Å². The van der Waals surface area contributed by atoms with E-state index in [-0.39, 0.29) is 30.2 Å². The van der Waals surface area contributed by atoms with Crippen molar-refractivity contribution in [1.29, 1.82) is 0 Å². The van der Waals surface area contributed by atoms with Crippen LogP contribution in [0.2, 0.25) is 0 Å². The summed E-state index contributed by atoms with van der Waals surface area (Å²) in [6, 6.07) is 23.3. The van der Waals surface area contributed by atoms with Crippen molar-refractivity contribution in [1.82, 2.24) is 9.88 Å². The Bertz CT molecular complexity index is 1380. The molecule has 0 radical (unpaired) electrons. The third-order valence-electron chi connectivity index (χ3n) is 6.32. The molecule has 1 aliphatic heterocycles. The summed E-state index contributed by atoms with van der Waals surface area (Å²) in [6.45, 7) is 4.34. The van der Waals surface area contributed by atoms with Crippen molar-refractivity contribution in [3.05, 3.63) is 113 Å². The highest BCUT2D eigenvalue weighted by molar-refractivity contribution is 6.02. The highest BCUT2D eigenvalue weighted by Crippen LogP contribution is 2.37. The van der Waals surface area contributed by atoms with Crippen LogP contribution >= 0.6 is 0 Å². The molecule has 2 heterocycles. The number of aryl methyl sites for hydroxylation is 1. The SMILES string of the molecule is CC(=O)N1CCc2ccc(OCc3nc(C(=O)Nc4ccc(C)cc4)co3)cc2C1c1ccccc1. The van der Waals surface area contributed by atoms with Gasteiger partial charge in [0.25, 0.3) is 5.91 Å². The van der Waals surface area contributed by atoms with Crippen LogP contribution in [0.25, 0.3) is 0 Å². The number of hydrogen-bond donors (Lipinski definition) is 1. The van der Waals surface area contributed by atoms with Crippen LogP contribution < -0.4 is 10.1 Å². The van der Waals surface area contributed by atoms with Gasteiger partial charge >= 0.3 is 0 Å². The Balaban J connectivity index is 1.30. The number of anilines is 1. The van der Waals surface area contributed by atoms with E-state index in [1.54, 1.807) is 6.92 Å². The molecule has 7 nitrogen and oxygen atoms in total. The summed E-state index contributed by atoms with van der Waals surface area (Å²) >= 11 is 0. The molecule has 3 aromatic carbocycles. The monoisotopic (exact) mass is 481 g/mol. The number of fused-ring (bicyclic) bond motifs is 1. The first-order valence-electron chi connectivity index (χ1n) is 11.9. The maximum atomic E-state index is 12.5. The second kappa shape index (κ2) is 10.1. The van der Waals surface area contributed by atoms with Crippen LogP contribution in [0.5, 0.6) is 5.75 Å². The van der Waals surface area contributed by atoms with Crippen LogP contribution in [0.3, 0.4) is 0 Å². The lowest BCUT2D eigenvalue weighted by atomic mass is 9.88. The number of carbonyl (C=O) groups is 2. The van der Waals surface area contributed by atoms with Gasteiger partial charge in [0.05, 0.1) is 6.04 Å². The first kappa shape index (κ1) is 23.4. The molecule has 0 aliphatic carbocycles. The number of carbonyl (C=O) groups excluding carboxylic acids is 2. The summed E-state index contributed by atoms with van der Waals surface area (Å²) in [7, 11) is 0. The van der Waals surface area contributed by atoms with Crippen LogP contribution in [-0.4, -0.2) is 28.2 Å². The lowest BCUT2D eigenvalue weighted by Crippen LogP contribution is -2.39. The highest BCUT2D eigenvalue weighted by Gasteiger charge is 2.30. The summed E-state index contributed by atoms with van der Waals surface area (Å²) in [4.78, 5) is 31.1. The fourth-order valence-electron chi connectivity index (χ4n) is 4.48. The Kier molecular flexibility index (Phi) is 6.54. The number of aromatic nitrogens is 1. The molecule has 0 spiro atoms. The van der Waals surface area contributed by atoms with E-state index in [1.807, 2.05) is 84.6 Å². The third kappa shape index (κ3) is 5.00. The summed E-state index contributed by atoms with van der Waals surface area (Å²) in [5, 5.41) is 2.81. The molecule has 4 aromatic rings. The highest BCUT2D eigenvalue weighted by atomic mass is 16.5. The van der Waals surface area contributed by atoms with Crippen LogP contribution in [0, 0.1) is 6.92 Å². The Morgan fingerprint density at radius 2 is 1.86 bits per heavy atom. The minimum absolute atomic E-state index is 0.0389. The summed E-state index contributed by atoms with van der Waals surface area (Å²) in [5.74, 6) is 0.630. The number of rotatable bonds is 6. The lowest BCUT2D eigenvalue weighted by molar-refractivity contribution is -0.130. The third-order valence-corrected chi connectivity index (χ3v) is 6.32. The molecular formula is C29H27N3O4. The van der Waals surface area contributed by atoms with E-state index in [0.717, 1.165) is 23.1 Å². The van der Waals surface area contributed by atoms with Gasteiger partial charge in [0, 0.05) is 19.2 Å². The number of ether oxygens (including phenoxy) is 1. The molecule has 36 heavy (non-hydrogen) atoms. The van der Waals surface area contributed by atoms with Gasteiger partial charge in [-0.2, -0.15) is 0 Å². The predicted molar refractivity (Wildman–Crippen MR) is 136 cm³/mol. The average molecular weight is 482 g/mol. The van der Waals surface area contributed by atoms with Crippen molar-refractivity contribution >= 4 is 17.5 Å². The van der Waals surface area contributed by atoms with E-state index in [4.69, 9.17) is 9.15 Å². The quantitative estimate of drug-likeness (QED) is 0.404. The molecular weight excluding hydrogens is 454 g/mol. The molecule has 0 saturated heterocycles. The van der Waals surface area contributed by atoms with E-state index in [2.05, 4.69) is 10.3 Å². The summed E-state index contributed by atoms with van der Waals surface area (Å²) < 4.78 is 11.4. The number of nitrogens with zero attached hydrogens (tertiary/aromatic N) is 2. The van der Waals surface area contributed by atoms with Crippen molar-refractivity contribution in [3.63, 3.8) is 0 Å². The van der Waals surface area contributed by atoms with Crippen LogP contribution in [0.15, 0.2) is 83.5 Å². The van der Waals surface area contributed by atoms with Crippen molar-refractivity contribution < 1.29 is 18.7 Å². The maximum Gasteiger partial charge on any atom is 0.277 e. The van der Waals surface area contributed by atoms with Crippen molar-refractivity contribution in [3.8, 4) is 5.75 Å². The molecule has 7 heteroatoms. The standard InChI is InChI=1S/C29H27N3O4/c1-19-8-11-23(12-9-19)30-29(34)26-17-36-27(31-26)18-35-24-13-10-21-14-15-32(20(2)33)28(25(21)16-24)22-6-4-3-5-7-22/h3-13,16-17,28H,14-15,18H2,1-2H3,(H,30,34).